The summed E-state index contributed by atoms with van der Waals surface area (Å²) in [6, 6.07) is 25.1. The zero-order valence-corrected chi connectivity index (χ0v) is 16.1. The first kappa shape index (κ1) is 17.2. The van der Waals surface area contributed by atoms with Crippen molar-refractivity contribution in [2.75, 3.05) is 0 Å². The molecule has 0 aliphatic carbocycles. The summed E-state index contributed by atoms with van der Waals surface area (Å²) in [5.74, 6) is 0.000679. The van der Waals surface area contributed by atoms with E-state index in [0.29, 0.717) is 6.54 Å². The summed E-state index contributed by atoms with van der Waals surface area (Å²) in [6.07, 6.45) is 1.95. The van der Waals surface area contributed by atoms with Crippen LogP contribution in [0.4, 0.5) is 0 Å². The Bertz CT molecular complexity index is 1250. The smallest absolute Gasteiger partial charge is 0.219 e. The van der Waals surface area contributed by atoms with Crippen LogP contribution >= 0.6 is 0 Å². The van der Waals surface area contributed by atoms with Gasteiger partial charge in [-0.15, -0.1) is 0 Å². The SMILES string of the molecule is O=S(=O)(Cc1ccccc1)N1Cc2ccccc2C1c1c[nH]c2ccccc12. The zero-order chi connectivity index (χ0) is 19.1. The molecule has 140 valence electrons. The van der Waals surface area contributed by atoms with Crippen LogP contribution in [0.1, 0.15) is 28.3 Å². The average molecular weight is 388 g/mol. The summed E-state index contributed by atoms with van der Waals surface area (Å²) >= 11 is 0. The number of sulfonamides is 1. The molecule has 0 amide bonds. The number of aromatic amines is 1. The highest BCUT2D eigenvalue weighted by atomic mass is 32.2. The van der Waals surface area contributed by atoms with Crippen molar-refractivity contribution in [3.8, 4) is 0 Å². The van der Waals surface area contributed by atoms with E-state index < -0.39 is 10.0 Å². The number of aromatic nitrogens is 1. The molecule has 5 rings (SSSR count). The van der Waals surface area contributed by atoms with Crippen molar-refractivity contribution in [1.82, 2.24) is 9.29 Å². The van der Waals surface area contributed by atoms with Crippen molar-refractivity contribution in [2.45, 2.75) is 18.3 Å². The summed E-state index contributed by atoms with van der Waals surface area (Å²) in [6.45, 7) is 0.398. The Labute approximate surface area is 164 Å². The van der Waals surface area contributed by atoms with Crippen LogP contribution < -0.4 is 0 Å². The highest BCUT2D eigenvalue weighted by molar-refractivity contribution is 7.88. The van der Waals surface area contributed by atoms with Crippen molar-refractivity contribution in [2.24, 2.45) is 0 Å². The molecule has 0 fully saturated rings. The zero-order valence-electron chi connectivity index (χ0n) is 15.2. The molecule has 5 heteroatoms. The number of H-pyrrole nitrogens is 1. The van der Waals surface area contributed by atoms with Gasteiger partial charge in [0.1, 0.15) is 0 Å². The van der Waals surface area contributed by atoms with Crippen LogP contribution in [0.3, 0.4) is 0 Å². The second-order valence-electron chi connectivity index (χ2n) is 7.18. The Morgan fingerprint density at radius 2 is 1.57 bits per heavy atom. The topological polar surface area (TPSA) is 53.2 Å². The van der Waals surface area contributed by atoms with Crippen LogP contribution in [-0.4, -0.2) is 17.7 Å². The second-order valence-corrected chi connectivity index (χ2v) is 9.10. The van der Waals surface area contributed by atoms with Crippen LogP contribution in [0.2, 0.25) is 0 Å². The third-order valence-electron chi connectivity index (χ3n) is 5.43. The molecule has 1 unspecified atom stereocenters. The molecule has 1 atom stereocenters. The molecule has 0 saturated carbocycles. The molecule has 28 heavy (non-hydrogen) atoms. The summed E-state index contributed by atoms with van der Waals surface area (Å²) in [7, 11) is -3.51. The van der Waals surface area contributed by atoms with E-state index in [0.717, 1.165) is 33.2 Å². The maximum Gasteiger partial charge on any atom is 0.219 e. The first-order chi connectivity index (χ1) is 13.6. The van der Waals surface area contributed by atoms with Gasteiger partial charge >= 0.3 is 0 Å². The van der Waals surface area contributed by atoms with Gasteiger partial charge in [-0.25, -0.2) is 8.42 Å². The lowest BCUT2D eigenvalue weighted by Crippen LogP contribution is -2.31. The summed E-state index contributed by atoms with van der Waals surface area (Å²) in [5, 5.41) is 1.06. The van der Waals surface area contributed by atoms with Gasteiger partial charge in [0.25, 0.3) is 0 Å². The molecular weight excluding hydrogens is 368 g/mol. The molecule has 4 nitrogen and oxygen atoms in total. The van der Waals surface area contributed by atoms with Gasteiger partial charge in [0, 0.05) is 29.2 Å². The minimum Gasteiger partial charge on any atom is -0.361 e. The van der Waals surface area contributed by atoms with Crippen molar-refractivity contribution in [3.05, 3.63) is 107 Å². The van der Waals surface area contributed by atoms with Crippen LogP contribution in [0.25, 0.3) is 10.9 Å². The van der Waals surface area contributed by atoms with Crippen LogP contribution in [-0.2, 0) is 22.3 Å². The molecule has 4 aromatic rings. The third-order valence-corrected chi connectivity index (χ3v) is 7.18. The number of nitrogens with zero attached hydrogens (tertiary/aromatic N) is 1. The number of nitrogens with one attached hydrogen (secondary N) is 1. The van der Waals surface area contributed by atoms with Crippen LogP contribution in [0, 0.1) is 0 Å². The number of hydrogen-bond acceptors (Lipinski definition) is 2. The fraction of sp³-hybridized carbons (Fsp3) is 0.130. The molecular formula is C23H20N2O2S. The maximum atomic E-state index is 13.4. The van der Waals surface area contributed by atoms with Gasteiger partial charge in [-0.05, 0) is 22.8 Å². The van der Waals surface area contributed by atoms with E-state index in [1.165, 1.54) is 0 Å². The van der Waals surface area contributed by atoms with E-state index in [9.17, 15) is 8.42 Å². The minimum atomic E-state index is -3.51. The standard InChI is InChI=1S/C23H20N2O2S/c26-28(27,16-17-8-2-1-3-9-17)25-15-18-10-4-5-11-19(18)23(25)21-14-24-22-13-7-6-12-20(21)22/h1-14,23-24H,15-16H2. The second kappa shape index (κ2) is 6.62. The number of para-hydroxylation sites is 1. The summed E-state index contributed by atoms with van der Waals surface area (Å²) < 4.78 is 28.5. The Balaban J connectivity index is 1.63. The fourth-order valence-electron chi connectivity index (χ4n) is 4.13. The Kier molecular flexibility index (Phi) is 4.07. The molecule has 1 aromatic heterocycles. The highest BCUT2D eigenvalue weighted by Gasteiger charge is 2.39. The summed E-state index contributed by atoms with van der Waals surface area (Å²) in [4.78, 5) is 3.30. The lowest BCUT2D eigenvalue weighted by atomic mass is 9.98. The van der Waals surface area contributed by atoms with E-state index in [1.54, 1.807) is 4.31 Å². The average Bonchev–Trinajstić information content (AvgIpc) is 3.30. The van der Waals surface area contributed by atoms with E-state index >= 15 is 0 Å². The first-order valence-corrected chi connectivity index (χ1v) is 10.9. The van der Waals surface area contributed by atoms with Gasteiger partial charge in [-0.2, -0.15) is 4.31 Å². The van der Waals surface area contributed by atoms with Gasteiger partial charge in [0.15, 0.2) is 0 Å². The third kappa shape index (κ3) is 2.84. The van der Waals surface area contributed by atoms with Crippen molar-refractivity contribution in [3.63, 3.8) is 0 Å². The minimum absolute atomic E-state index is 0.000679. The first-order valence-electron chi connectivity index (χ1n) is 9.31. The van der Waals surface area contributed by atoms with Gasteiger partial charge in [0.2, 0.25) is 10.0 Å². The Hall–Kier alpha value is -2.89. The molecule has 0 spiro atoms. The molecule has 3 aromatic carbocycles. The molecule has 1 aliphatic heterocycles. The van der Waals surface area contributed by atoms with Crippen LogP contribution in [0.5, 0.6) is 0 Å². The Morgan fingerprint density at radius 1 is 0.857 bits per heavy atom. The lowest BCUT2D eigenvalue weighted by Gasteiger charge is -2.25. The molecule has 0 radical (unpaired) electrons. The van der Waals surface area contributed by atoms with Crippen molar-refractivity contribution >= 4 is 20.9 Å². The molecule has 1 aliphatic rings. The lowest BCUT2D eigenvalue weighted by molar-refractivity contribution is 0.388. The fourth-order valence-corrected chi connectivity index (χ4v) is 5.79. The predicted octanol–water partition coefficient (Wildman–Crippen LogP) is 4.60. The molecule has 1 N–H and O–H groups in total. The number of fused-ring (bicyclic) bond motifs is 2. The van der Waals surface area contributed by atoms with Gasteiger partial charge in [0.05, 0.1) is 11.8 Å². The summed E-state index contributed by atoms with van der Waals surface area (Å²) in [5.41, 5.74) is 4.94. The number of benzene rings is 3. The molecule has 0 bridgehead atoms. The molecule has 2 heterocycles. The largest absolute Gasteiger partial charge is 0.361 e. The van der Waals surface area contributed by atoms with Gasteiger partial charge in [-0.1, -0.05) is 72.8 Å². The monoisotopic (exact) mass is 388 g/mol. The van der Waals surface area contributed by atoms with E-state index in [4.69, 9.17) is 0 Å². The van der Waals surface area contributed by atoms with E-state index in [2.05, 4.69) is 4.98 Å². The molecule has 0 saturated heterocycles. The maximum absolute atomic E-state index is 13.4. The number of hydrogen-bond donors (Lipinski definition) is 1. The number of rotatable bonds is 4. The van der Waals surface area contributed by atoms with Gasteiger partial charge < -0.3 is 4.98 Å². The Morgan fingerprint density at radius 3 is 2.43 bits per heavy atom. The van der Waals surface area contributed by atoms with Crippen molar-refractivity contribution in [1.29, 1.82) is 0 Å². The normalized spacial score (nSPS) is 17.1. The van der Waals surface area contributed by atoms with E-state index in [-0.39, 0.29) is 11.8 Å². The van der Waals surface area contributed by atoms with Gasteiger partial charge in [-0.3, -0.25) is 0 Å². The predicted molar refractivity (Wildman–Crippen MR) is 111 cm³/mol. The van der Waals surface area contributed by atoms with E-state index in [1.807, 2.05) is 85.1 Å². The van der Waals surface area contributed by atoms with Crippen LogP contribution in [0.15, 0.2) is 85.1 Å². The quantitative estimate of drug-likeness (QED) is 0.555. The highest BCUT2D eigenvalue weighted by Crippen LogP contribution is 2.43. The van der Waals surface area contributed by atoms with Crippen molar-refractivity contribution < 1.29 is 8.42 Å².